The molecule has 3 rings (SSSR count). The molecule has 20 heavy (non-hydrogen) atoms. The van der Waals surface area contributed by atoms with Crippen molar-refractivity contribution in [1.29, 1.82) is 0 Å². The molecule has 7 heteroatoms. The van der Waals surface area contributed by atoms with Gasteiger partial charge in [0.15, 0.2) is 0 Å². The lowest BCUT2D eigenvalue weighted by Crippen LogP contribution is -2.63. The van der Waals surface area contributed by atoms with E-state index >= 15 is 0 Å². The predicted molar refractivity (Wildman–Crippen MR) is 74.0 cm³/mol. The van der Waals surface area contributed by atoms with Crippen LogP contribution in [-0.2, 0) is 0 Å². The molecule has 0 radical (unpaired) electrons. The maximum Gasteiger partial charge on any atom is 0.269 e. The van der Waals surface area contributed by atoms with Crippen molar-refractivity contribution < 1.29 is 10.1 Å². The SMILES string of the molecule is O=[N+]([O-])c1ccc(N2CC(N3CCN(O)CC3)C2)cc1. The minimum Gasteiger partial charge on any atom is -0.368 e. The molecule has 0 aromatic heterocycles. The van der Waals surface area contributed by atoms with Crippen molar-refractivity contribution in [3.05, 3.63) is 34.4 Å². The van der Waals surface area contributed by atoms with E-state index < -0.39 is 0 Å². The van der Waals surface area contributed by atoms with Crippen molar-refractivity contribution in [3.8, 4) is 0 Å². The van der Waals surface area contributed by atoms with Crippen LogP contribution in [0.4, 0.5) is 11.4 Å². The van der Waals surface area contributed by atoms with Gasteiger partial charge in [-0.15, -0.1) is 0 Å². The van der Waals surface area contributed by atoms with Gasteiger partial charge in [-0.05, 0) is 12.1 Å². The summed E-state index contributed by atoms with van der Waals surface area (Å²) in [6.07, 6.45) is 0. The van der Waals surface area contributed by atoms with Gasteiger partial charge in [-0.3, -0.25) is 15.0 Å². The second kappa shape index (κ2) is 5.35. The summed E-state index contributed by atoms with van der Waals surface area (Å²) in [4.78, 5) is 14.9. The summed E-state index contributed by atoms with van der Waals surface area (Å²) < 4.78 is 0. The Balaban J connectivity index is 1.53. The Morgan fingerprint density at radius 1 is 1.10 bits per heavy atom. The highest BCUT2D eigenvalue weighted by molar-refractivity contribution is 5.53. The fourth-order valence-corrected chi connectivity index (χ4v) is 2.76. The Hall–Kier alpha value is -1.70. The van der Waals surface area contributed by atoms with E-state index in [1.165, 1.54) is 5.06 Å². The molecule has 2 saturated heterocycles. The molecule has 2 aliphatic heterocycles. The van der Waals surface area contributed by atoms with Gasteiger partial charge in [0.25, 0.3) is 5.69 Å². The minimum atomic E-state index is -0.378. The molecule has 2 fully saturated rings. The number of nitro benzene ring substituents is 1. The first-order valence-electron chi connectivity index (χ1n) is 6.81. The van der Waals surface area contributed by atoms with Crippen LogP contribution in [0.2, 0.25) is 0 Å². The Labute approximate surface area is 117 Å². The zero-order valence-corrected chi connectivity index (χ0v) is 11.2. The van der Waals surface area contributed by atoms with Gasteiger partial charge in [0.1, 0.15) is 0 Å². The van der Waals surface area contributed by atoms with E-state index in [4.69, 9.17) is 0 Å². The highest BCUT2D eigenvalue weighted by Crippen LogP contribution is 2.26. The number of hydroxylamine groups is 2. The number of non-ortho nitro benzene ring substituents is 1. The van der Waals surface area contributed by atoms with Crippen molar-refractivity contribution in [2.75, 3.05) is 44.2 Å². The molecule has 108 valence electrons. The summed E-state index contributed by atoms with van der Waals surface area (Å²) in [6, 6.07) is 7.24. The van der Waals surface area contributed by atoms with Crippen LogP contribution >= 0.6 is 0 Å². The van der Waals surface area contributed by atoms with E-state index in [0.717, 1.165) is 31.9 Å². The van der Waals surface area contributed by atoms with Crippen LogP contribution in [-0.4, -0.2) is 65.4 Å². The molecule has 0 unspecified atom stereocenters. The molecule has 2 aliphatic rings. The fourth-order valence-electron chi connectivity index (χ4n) is 2.76. The second-order valence-corrected chi connectivity index (χ2v) is 5.32. The van der Waals surface area contributed by atoms with Crippen LogP contribution in [0.5, 0.6) is 0 Å². The normalized spacial score (nSPS) is 21.8. The number of hydrogen-bond acceptors (Lipinski definition) is 6. The molecule has 0 amide bonds. The lowest BCUT2D eigenvalue weighted by molar-refractivity contribution is -0.384. The quantitative estimate of drug-likeness (QED) is 0.651. The van der Waals surface area contributed by atoms with Gasteiger partial charge >= 0.3 is 0 Å². The van der Waals surface area contributed by atoms with E-state index in [2.05, 4.69) is 9.80 Å². The smallest absolute Gasteiger partial charge is 0.269 e. The van der Waals surface area contributed by atoms with Crippen LogP contribution in [0.3, 0.4) is 0 Å². The summed E-state index contributed by atoms with van der Waals surface area (Å²) in [5.41, 5.74) is 1.16. The molecule has 0 bridgehead atoms. The molecule has 7 nitrogen and oxygen atoms in total. The first kappa shape index (κ1) is 13.3. The fraction of sp³-hybridized carbons (Fsp3) is 0.538. The average Bonchev–Trinajstić information content (AvgIpc) is 2.40. The zero-order valence-electron chi connectivity index (χ0n) is 11.2. The standard InChI is InChI=1S/C13H18N4O3/c18-16-7-5-14(6-8-16)13-9-15(10-13)11-1-3-12(4-2-11)17(19)20/h1-4,13,18H,5-10H2. The van der Waals surface area contributed by atoms with E-state index in [9.17, 15) is 15.3 Å². The number of hydrogen-bond donors (Lipinski definition) is 1. The van der Waals surface area contributed by atoms with E-state index in [0.29, 0.717) is 19.1 Å². The molecule has 0 aliphatic carbocycles. The summed E-state index contributed by atoms with van der Waals surface area (Å²) >= 11 is 0. The molecule has 2 heterocycles. The van der Waals surface area contributed by atoms with Crippen LogP contribution in [0.1, 0.15) is 0 Å². The number of nitrogens with zero attached hydrogens (tertiary/aromatic N) is 4. The molecule has 1 N–H and O–H groups in total. The van der Waals surface area contributed by atoms with Gasteiger partial charge in [-0.1, -0.05) is 0 Å². The molecule has 1 aromatic rings. The van der Waals surface area contributed by atoms with Gasteiger partial charge in [0.2, 0.25) is 0 Å². The van der Waals surface area contributed by atoms with Crippen LogP contribution in [0, 0.1) is 10.1 Å². The number of anilines is 1. The molecule has 0 atom stereocenters. The first-order chi connectivity index (χ1) is 9.63. The van der Waals surface area contributed by atoms with Gasteiger partial charge in [-0.25, -0.2) is 0 Å². The van der Waals surface area contributed by atoms with Gasteiger partial charge in [0.05, 0.1) is 4.92 Å². The summed E-state index contributed by atoms with van der Waals surface area (Å²) in [6.45, 7) is 5.10. The Kier molecular flexibility index (Phi) is 3.56. The Bertz CT molecular complexity index is 479. The average molecular weight is 278 g/mol. The van der Waals surface area contributed by atoms with Crippen LogP contribution in [0.15, 0.2) is 24.3 Å². The first-order valence-corrected chi connectivity index (χ1v) is 6.81. The number of nitro groups is 1. The zero-order chi connectivity index (χ0) is 14.1. The van der Waals surface area contributed by atoms with Crippen molar-refractivity contribution in [3.63, 3.8) is 0 Å². The van der Waals surface area contributed by atoms with Gasteiger partial charge in [-0.2, -0.15) is 5.06 Å². The van der Waals surface area contributed by atoms with Crippen LogP contribution in [0.25, 0.3) is 0 Å². The van der Waals surface area contributed by atoms with Crippen molar-refractivity contribution in [1.82, 2.24) is 9.96 Å². The van der Waals surface area contributed by atoms with E-state index in [-0.39, 0.29) is 10.6 Å². The summed E-state index contributed by atoms with van der Waals surface area (Å²) in [5, 5.41) is 21.3. The minimum absolute atomic E-state index is 0.130. The van der Waals surface area contributed by atoms with Crippen LogP contribution < -0.4 is 4.90 Å². The molecule has 1 aromatic carbocycles. The third-order valence-electron chi connectivity index (χ3n) is 4.09. The van der Waals surface area contributed by atoms with Gasteiger partial charge in [0, 0.05) is 63.1 Å². The molecular weight excluding hydrogens is 260 g/mol. The second-order valence-electron chi connectivity index (χ2n) is 5.32. The number of benzene rings is 1. The molecule has 0 spiro atoms. The monoisotopic (exact) mass is 278 g/mol. The largest absolute Gasteiger partial charge is 0.368 e. The Morgan fingerprint density at radius 2 is 1.70 bits per heavy atom. The summed E-state index contributed by atoms with van der Waals surface area (Å²) in [7, 11) is 0. The maximum atomic E-state index is 10.6. The highest BCUT2D eigenvalue weighted by Gasteiger charge is 2.33. The third-order valence-corrected chi connectivity index (χ3v) is 4.09. The summed E-state index contributed by atoms with van der Waals surface area (Å²) in [5.74, 6) is 0. The third kappa shape index (κ3) is 2.60. The number of rotatable bonds is 3. The number of piperazine rings is 1. The van der Waals surface area contributed by atoms with E-state index in [1.54, 1.807) is 24.3 Å². The molecular formula is C13H18N4O3. The van der Waals surface area contributed by atoms with Crippen molar-refractivity contribution >= 4 is 11.4 Å². The van der Waals surface area contributed by atoms with Crippen molar-refractivity contribution in [2.24, 2.45) is 0 Å². The van der Waals surface area contributed by atoms with Crippen molar-refractivity contribution in [2.45, 2.75) is 6.04 Å². The highest BCUT2D eigenvalue weighted by atomic mass is 16.6. The topological polar surface area (TPSA) is 73.1 Å². The van der Waals surface area contributed by atoms with Gasteiger partial charge < -0.3 is 10.1 Å². The lowest BCUT2D eigenvalue weighted by atomic mass is 10.0. The van der Waals surface area contributed by atoms with E-state index in [1.807, 2.05) is 0 Å². The predicted octanol–water partition coefficient (Wildman–Crippen LogP) is 0.790. The lowest BCUT2D eigenvalue weighted by Gasteiger charge is -2.48. The maximum absolute atomic E-state index is 10.6. The molecule has 0 saturated carbocycles. The Morgan fingerprint density at radius 3 is 2.25 bits per heavy atom.